The molecule has 1 aromatic carbocycles. The van der Waals surface area contributed by atoms with Crippen LogP contribution in [0.15, 0.2) is 30.3 Å². The summed E-state index contributed by atoms with van der Waals surface area (Å²) in [5, 5.41) is 7.55. The second-order valence-electron chi connectivity index (χ2n) is 7.92. The van der Waals surface area contributed by atoms with Crippen molar-refractivity contribution in [1.29, 1.82) is 0 Å². The van der Waals surface area contributed by atoms with Crippen LogP contribution in [-0.2, 0) is 23.7 Å². The molecule has 2 aliphatic rings. The van der Waals surface area contributed by atoms with E-state index in [4.69, 9.17) is 0 Å². The number of anilines is 1. The van der Waals surface area contributed by atoms with Gasteiger partial charge >= 0.3 is 0 Å². The largest absolute Gasteiger partial charge is 0.333 e. The highest BCUT2D eigenvalue weighted by Gasteiger charge is 2.58. The highest BCUT2D eigenvalue weighted by atomic mass is 16.2. The fourth-order valence-electron chi connectivity index (χ4n) is 4.97. The molecule has 1 aromatic heterocycles. The molecule has 1 spiro atoms. The minimum absolute atomic E-state index is 0.0233. The Hall–Kier alpha value is -2.63. The average molecular weight is 380 g/mol. The topological polar surface area (TPSA) is 67.2 Å². The third-order valence-corrected chi connectivity index (χ3v) is 6.23. The van der Waals surface area contributed by atoms with E-state index in [1.165, 1.54) is 0 Å². The van der Waals surface area contributed by atoms with Crippen molar-refractivity contribution in [2.75, 3.05) is 11.9 Å². The van der Waals surface area contributed by atoms with Crippen LogP contribution >= 0.6 is 0 Å². The summed E-state index contributed by atoms with van der Waals surface area (Å²) in [5.41, 5.74) is 2.82. The van der Waals surface area contributed by atoms with E-state index in [1.807, 2.05) is 42.3 Å². The Balaban J connectivity index is 1.72. The number of likely N-dealkylation sites (tertiary alicyclic amines) is 1. The van der Waals surface area contributed by atoms with Crippen molar-refractivity contribution in [2.45, 2.75) is 57.4 Å². The van der Waals surface area contributed by atoms with Crippen LogP contribution < -0.4 is 5.32 Å². The predicted molar refractivity (Wildman–Crippen MR) is 108 cm³/mol. The van der Waals surface area contributed by atoms with Gasteiger partial charge in [-0.25, -0.2) is 0 Å². The Bertz CT molecular complexity index is 919. The summed E-state index contributed by atoms with van der Waals surface area (Å²) in [6, 6.07) is 9.67. The van der Waals surface area contributed by atoms with Crippen molar-refractivity contribution in [3.63, 3.8) is 0 Å². The van der Waals surface area contributed by atoms with Gasteiger partial charge in [-0.2, -0.15) is 5.10 Å². The number of hydrogen-bond acceptors (Lipinski definition) is 3. The van der Waals surface area contributed by atoms with Gasteiger partial charge in [0.1, 0.15) is 5.69 Å². The van der Waals surface area contributed by atoms with Crippen molar-refractivity contribution >= 4 is 17.5 Å². The standard InChI is InChI=1S/C22H28N4O2/c1-4-8-15-14-18(25(3)24-15)20(27)26-13-12-22(19(26)9-5-2)16-10-6-7-11-17(16)23-21(22)28/h6-7,10-11,14,19H,4-5,8-9,12-13H2,1-3H3,(H,23,28)/t19-,22-/m0/s1. The number of fused-ring (bicyclic) bond motifs is 2. The van der Waals surface area contributed by atoms with Crippen LogP contribution in [0.2, 0.25) is 0 Å². The fourth-order valence-corrected chi connectivity index (χ4v) is 4.97. The summed E-state index contributed by atoms with van der Waals surface area (Å²) in [4.78, 5) is 28.5. The van der Waals surface area contributed by atoms with Crippen LogP contribution in [0.25, 0.3) is 0 Å². The SMILES string of the molecule is CCCc1cc(C(=O)N2CC[C@@]3(C(=O)Nc4ccccc43)[C@@H]2CCC)n(C)n1. The average Bonchev–Trinajstić information content (AvgIpc) is 3.32. The third-order valence-electron chi connectivity index (χ3n) is 6.23. The lowest BCUT2D eigenvalue weighted by Crippen LogP contribution is -2.49. The van der Waals surface area contributed by atoms with Gasteiger partial charge in [0.15, 0.2) is 0 Å². The first-order valence-corrected chi connectivity index (χ1v) is 10.3. The van der Waals surface area contributed by atoms with E-state index in [1.54, 1.807) is 4.68 Å². The monoisotopic (exact) mass is 380 g/mol. The number of para-hydroxylation sites is 1. The fraction of sp³-hybridized carbons (Fsp3) is 0.500. The molecule has 0 saturated carbocycles. The van der Waals surface area contributed by atoms with Gasteiger partial charge in [-0.05, 0) is 37.0 Å². The number of aromatic nitrogens is 2. The summed E-state index contributed by atoms with van der Waals surface area (Å²) >= 11 is 0. The van der Waals surface area contributed by atoms with Crippen LogP contribution in [0, 0.1) is 0 Å². The predicted octanol–water partition coefficient (Wildman–Crippen LogP) is 3.28. The Morgan fingerprint density at radius 2 is 2.07 bits per heavy atom. The first kappa shape index (κ1) is 18.7. The maximum Gasteiger partial charge on any atom is 0.272 e. The maximum atomic E-state index is 13.5. The van der Waals surface area contributed by atoms with Crippen molar-refractivity contribution in [1.82, 2.24) is 14.7 Å². The summed E-state index contributed by atoms with van der Waals surface area (Å²) in [6.07, 6.45) is 4.23. The van der Waals surface area contributed by atoms with Gasteiger partial charge in [0.2, 0.25) is 5.91 Å². The lowest BCUT2D eigenvalue weighted by Gasteiger charge is -2.34. The molecule has 28 heavy (non-hydrogen) atoms. The van der Waals surface area contributed by atoms with Crippen molar-refractivity contribution in [3.05, 3.63) is 47.3 Å². The van der Waals surface area contributed by atoms with Crippen LogP contribution in [-0.4, -0.2) is 39.1 Å². The Labute approximate surface area is 165 Å². The number of hydrogen-bond donors (Lipinski definition) is 1. The summed E-state index contributed by atoms with van der Waals surface area (Å²) in [5.74, 6) is 0.00369. The molecule has 1 N–H and O–H groups in total. The molecular weight excluding hydrogens is 352 g/mol. The van der Waals surface area contributed by atoms with Crippen LogP contribution in [0.4, 0.5) is 5.69 Å². The normalized spacial score (nSPS) is 23.3. The molecule has 1 saturated heterocycles. The number of rotatable bonds is 5. The molecule has 2 aromatic rings. The Kier molecular flexibility index (Phi) is 4.73. The number of amides is 2. The quantitative estimate of drug-likeness (QED) is 0.866. The van der Waals surface area contributed by atoms with Gasteiger partial charge in [-0.15, -0.1) is 0 Å². The van der Waals surface area contributed by atoms with E-state index in [-0.39, 0.29) is 17.9 Å². The van der Waals surface area contributed by atoms with Gasteiger partial charge in [0.05, 0.1) is 17.2 Å². The van der Waals surface area contributed by atoms with E-state index in [0.717, 1.165) is 42.6 Å². The molecule has 4 rings (SSSR count). The van der Waals surface area contributed by atoms with E-state index < -0.39 is 5.41 Å². The number of nitrogens with one attached hydrogen (secondary N) is 1. The molecule has 2 aliphatic heterocycles. The van der Waals surface area contributed by atoms with Gasteiger partial charge in [0, 0.05) is 19.3 Å². The van der Waals surface area contributed by atoms with Crippen molar-refractivity contribution in [2.24, 2.45) is 7.05 Å². The minimum Gasteiger partial charge on any atom is -0.333 e. The number of carbonyl (C=O) groups excluding carboxylic acids is 2. The smallest absolute Gasteiger partial charge is 0.272 e. The molecule has 148 valence electrons. The summed E-state index contributed by atoms with van der Waals surface area (Å²) < 4.78 is 1.68. The Morgan fingerprint density at radius 1 is 1.29 bits per heavy atom. The highest BCUT2D eigenvalue weighted by molar-refractivity contribution is 6.08. The summed E-state index contributed by atoms with van der Waals surface area (Å²) in [6.45, 7) is 4.80. The van der Waals surface area contributed by atoms with Crippen LogP contribution in [0.5, 0.6) is 0 Å². The number of nitrogens with zero attached hydrogens (tertiary/aromatic N) is 3. The zero-order valence-corrected chi connectivity index (χ0v) is 16.9. The van der Waals surface area contributed by atoms with Crippen LogP contribution in [0.1, 0.15) is 61.3 Å². The molecule has 2 amide bonds. The lowest BCUT2D eigenvalue weighted by molar-refractivity contribution is -0.121. The van der Waals surface area contributed by atoms with E-state index >= 15 is 0 Å². The Morgan fingerprint density at radius 3 is 2.82 bits per heavy atom. The number of carbonyl (C=O) groups is 2. The third kappa shape index (κ3) is 2.65. The molecule has 0 unspecified atom stereocenters. The molecule has 0 aliphatic carbocycles. The molecular formula is C22H28N4O2. The second kappa shape index (κ2) is 7.08. The van der Waals surface area contributed by atoms with Gasteiger partial charge in [-0.3, -0.25) is 14.3 Å². The maximum absolute atomic E-state index is 13.5. The van der Waals surface area contributed by atoms with Crippen molar-refractivity contribution < 1.29 is 9.59 Å². The van der Waals surface area contributed by atoms with E-state index in [0.29, 0.717) is 18.7 Å². The van der Waals surface area contributed by atoms with E-state index in [2.05, 4.69) is 24.3 Å². The first-order valence-electron chi connectivity index (χ1n) is 10.3. The molecule has 0 radical (unpaired) electrons. The van der Waals surface area contributed by atoms with Crippen LogP contribution in [0.3, 0.4) is 0 Å². The second-order valence-corrected chi connectivity index (χ2v) is 7.92. The van der Waals surface area contributed by atoms with Gasteiger partial charge < -0.3 is 10.2 Å². The molecule has 2 atom stereocenters. The van der Waals surface area contributed by atoms with E-state index in [9.17, 15) is 9.59 Å². The molecule has 6 nitrogen and oxygen atoms in total. The molecule has 1 fully saturated rings. The summed E-state index contributed by atoms with van der Waals surface area (Å²) in [7, 11) is 1.82. The lowest BCUT2D eigenvalue weighted by atomic mass is 9.73. The zero-order valence-electron chi connectivity index (χ0n) is 16.9. The van der Waals surface area contributed by atoms with Gasteiger partial charge in [-0.1, -0.05) is 44.9 Å². The van der Waals surface area contributed by atoms with Crippen molar-refractivity contribution in [3.8, 4) is 0 Å². The first-order chi connectivity index (χ1) is 13.5. The minimum atomic E-state index is -0.646. The van der Waals surface area contributed by atoms with Gasteiger partial charge in [0.25, 0.3) is 5.91 Å². The zero-order chi connectivity index (χ0) is 19.9. The molecule has 6 heteroatoms. The molecule has 3 heterocycles. The molecule has 0 bridgehead atoms. The highest BCUT2D eigenvalue weighted by Crippen LogP contribution is 2.49. The number of aryl methyl sites for hydroxylation is 2. The number of benzene rings is 1.